The van der Waals surface area contributed by atoms with E-state index in [1.54, 1.807) is 6.07 Å². The fourth-order valence-corrected chi connectivity index (χ4v) is 1.45. The SMILES string of the molecule is CCCCCCOCCOCCC(=CC#N)C(=O)O. The molecule has 0 rings (SSSR count). The third kappa shape index (κ3) is 11.4. The molecular weight excluding hydrogens is 246 g/mol. The third-order valence-corrected chi connectivity index (χ3v) is 2.54. The minimum atomic E-state index is -1.07. The summed E-state index contributed by atoms with van der Waals surface area (Å²) in [6.45, 7) is 4.18. The van der Waals surface area contributed by atoms with E-state index in [9.17, 15) is 4.79 Å². The predicted octanol–water partition coefficient (Wildman–Crippen LogP) is 2.52. The van der Waals surface area contributed by atoms with Gasteiger partial charge in [-0.15, -0.1) is 0 Å². The Morgan fingerprint density at radius 1 is 1.16 bits per heavy atom. The standard InChI is InChI=1S/C14H23NO4/c1-2-3-4-5-9-18-11-12-19-10-7-13(6-8-15)14(16)17/h6H,2-5,7,9-12H2,1H3,(H,16,17). The van der Waals surface area contributed by atoms with Crippen molar-refractivity contribution in [1.82, 2.24) is 0 Å². The van der Waals surface area contributed by atoms with Gasteiger partial charge in [-0.05, 0) is 6.42 Å². The average Bonchev–Trinajstić information content (AvgIpc) is 2.39. The number of hydrogen-bond acceptors (Lipinski definition) is 4. The molecule has 0 heterocycles. The number of carboxylic acids is 1. The number of carboxylic acid groups (broad SMARTS) is 1. The average molecular weight is 269 g/mol. The Kier molecular flexibility index (Phi) is 12.1. The van der Waals surface area contributed by atoms with Crippen LogP contribution in [0.3, 0.4) is 0 Å². The molecule has 19 heavy (non-hydrogen) atoms. The van der Waals surface area contributed by atoms with Gasteiger partial charge in [0.05, 0.1) is 25.9 Å². The van der Waals surface area contributed by atoms with Gasteiger partial charge in [0.1, 0.15) is 0 Å². The molecule has 0 atom stereocenters. The van der Waals surface area contributed by atoms with Crippen LogP contribution in [-0.4, -0.2) is 37.5 Å². The summed E-state index contributed by atoms with van der Waals surface area (Å²) in [4.78, 5) is 10.7. The summed E-state index contributed by atoms with van der Waals surface area (Å²) in [5, 5.41) is 17.1. The van der Waals surface area contributed by atoms with Gasteiger partial charge in [0.25, 0.3) is 0 Å². The lowest BCUT2D eigenvalue weighted by molar-refractivity contribution is -0.132. The van der Waals surface area contributed by atoms with Crippen molar-refractivity contribution in [2.45, 2.75) is 39.0 Å². The molecule has 0 unspecified atom stereocenters. The maximum atomic E-state index is 10.7. The van der Waals surface area contributed by atoms with Gasteiger partial charge < -0.3 is 14.6 Å². The third-order valence-electron chi connectivity index (χ3n) is 2.54. The molecule has 0 radical (unpaired) electrons. The van der Waals surface area contributed by atoms with Crippen molar-refractivity contribution in [1.29, 1.82) is 5.26 Å². The number of hydrogen-bond donors (Lipinski definition) is 1. The van der Waals surface area contributed by atoms with Gasteiger partial charge in [0.15, 0.2) is 0 Å². The zero-order chi connectivity index (χ0) is 14.3. The van der Waals surface area contributed by atoms with Crippen LogP contribution >= 0.6 is 0 Å². The normalized spacial score (nSPS) is 11.3. The van der Waals surface area contributed by atoms with Gasteiger partial charge in [-0.25, -0.2) is 4.79 Å². The first kappa shape index (κ1) is 17.6. The largest absolute Gasteiger partial charge is 0.478 e. The lowest BCUT2D eigenvalue weighted by Gasteiger charge is -2.06. The first-order chi connectivity index (χ1) is 9.22. The quantitative estimate of drug-likeness (QED) is 0.334. The summed E-state index contributed by atoms with van der Waals surface area (Å²) in [5.41, 5.74) is 0.0722. The number of nitrogens with zero attached hydrogens (tertiary/aromatic N) is 1. The second kappa shape index (κ2) is 13.1. The minimum Gasteiger partial charge on any atom is -0.478 e. The lowest BCUT2D eigenvalue weighted by atomic mass is 10.2. The number of aliphatic carboxylic acids is 1. The summed E-state index contributed by atoms with van der Waals surface area (Å²) >= 11 is 0. The van der Waals surface area contributed by atoms with Crippen LogP contribution in [0.15, 0.2) is 11.6 Å². The van der Waals surface area contributed by atoms with Crippen LogP contribution in [0.4, 0.5) is 0 Å². The maximum absolute atomic E-state index is 10.7. The molecule has 0 amide bonds. The second-order valence-corrected chi connectivity index (χ2v) is 4.14. The first-order valence-electron chi connectivity index (χ1n) is 6.69. The molecule has 1 N–H and O–H groups in total. The molecule has 5 heteroatoms. The van der Waals surface area contributed by atoms with Gasteiger partial charge in [-0.1, -0.05) is 26.2 Å². The van der Waals surface area contributed by atoms with Crippen molar-refractivity contribution >= 4 is 5.97 Å². The van der Waals surface area contributed by atoms with Crippen LogP contribution in [0.1, 0.15) is 39.0 Å². The van der Waals surface area contributed by atoms with Crippen molar-refractivity contribution in [3.05, 3.63) is 11.6 Å². The highest BCUT2D eigenvalue weighted by molar-refractivity contribution is 5.87. The van der Waals surface area contributed by atoms with Crippen molar-refractivity contribution in [3.63, 3.8) is 0 Å². The highest BCUT2D eigenvalue weighted by atomic mass is 16.5. The van der Waals surface area contributed by atoms with E-state index in [0.717, 1.165) is 19.1 Å². The van der Waals surface area contributed by atoms with Crippen LogP contribution in [0.2, 0.25) is 0 Å². The van der Waals surface area contributed by atoms with Crippen LogP contribution in [0.5, 0.6) is 0 Å². The van der Waals surface area contributed by atoms with E-state index in [-0.39, 0.29) is 12.0 Å². The number of allylic oxidation sites excluding steroid dienone is 1. The van der Waals surface area contributed by atoms with E-state index in [1.165, 1.54) is 19.3 Å². The Balaban J connectivity index is 3.38. The fourth-order valence-electron chi connectivity index (χ4n) is 1.45. The van der Waals surface area contributed by atoms with E-state index in [4.69, 9.17) is 19.8 Å². The molecule has 0 bridgehead atoms. The molecule has 0 saturated carbocycles. The Morgan fingerprint density at radius 3 is 2.42 bits per heavy atom. The van der Waals surface area contributed by atoms with Crippen LogP contribution in [-0.2, 0) is 14.3 Å². The van der Waals surface area contributed by atoms with Crippen LogP contribution in [0, 0.1) is 11.3 Å². The van der Waals surface area contributed by atoms with E-state index in [1.807, 2.05) is 0 Å². The molecule has 0 aliphatic rings. The Labute approximate surface area is 114 Å². The molecule has 108 valence electrons. The summed E-state index contributed by atoms with van der Waals surface area (Å²) in [7, 11) is 0. The monoisotopic (exact) mass is 269 g/mol. The van der Waals surface area contributed by atoms with E-state index < -0.39 is 5.97 Å². The number of ether oxygens (including phenoxy) is 2. The molecule has 0 aromatic carbocycles. The van der Waals surface area contributed by atoms with Gasteiger partial charge in [0.2, 0.25) is 0 Å². The number of carbonyl (C=O) groups is 1. The summed E-state index contributed by atoms with van der Waals surface area (Å²) in [6, 6.07) is 1.71. The van der Waals surface area contributed by atoms with E-state index in [2.05, 4.69) is 6.92 Å². The Hall–Kier alpha value is -1.38. The van der Waals surface area contributed by atoms with Gasteiger partial charge in [-0.3, -0.25) is 0 Å². The summed E-state index contributed by atoms with van der Waals surface area (Å²) in [6.07, 6.45) is 5.99. The number of rotatable bonds is 12. The smallest absolute Gasteiger partial charge is 0.332 e. The van der Waals surface area contributed by atoms with Crippen molar-refractivity contribution in [2.24, 2.45) is 0 Å². The molecule has 0 aromatic rings. The minimum absolute atomic E-state index is 0.0722. The highest BCUT2D eigenvalue weighted by Crippen LogP contribution is 2.02. The van der Waals surface area contributed by atoms with Crippen LogP contribution < -0.4 is 0 Å². The highest BCUT2D eigenvalue weighted by Gasteiger charge is 2.06. The van der Waals surface area contributed by atoms with Crippen molar-refractivity contribution in [3.8, 4) is 6.07 Å². The summed E-state index contributed by atoms with van der Waals surface area (Å²) in [5.74, 6) is -1.07. The van der Waals surface area contributed by atoms with Crippen molar-refractivity contribution < 1.29 is 19.4 Å². The summed E-state index contributed by atoms with van der Waals surface area (Å²) < 4.78 is 10.6. The van der Waals surface area contributed by atoms with E-state index in [0.29, 0.717) is 19.8 Å². The molecule has 0 spiro atoms. The lowest BCUT2D eigenvalue weighted by Crippen LogP contribution is -2.09. The molecular formula is C14H23NO4. The molecule has 0 aliphatic carbocycles. The van der Waals surface area contributed by atoms with Gasteiger partial charge in [-0.2, -0.15) is 5.26 Å². The van der Waals surface area contributed by atoms with Gasteiger partial charge in [0, 0.05) is 24.7 Å². The Bertz CT molecular complexity index is 307. The predicted molar refractivity (Wildman–Crippen MR) is 71.7 cm³/mol. The fraction of sp³-hybridized carbons (Fsp3) is 0.714. The Morgan fingerprint density at radius 2 is 1.84 bits per heavy atom. The first-order valence-corrected chi connectivity index (χ1v) is 6.69. The molecule has 0 aliphatic heterocycles. The molecule has 0 aromatic heterocycles. The molecule has 0 saturated heterocycles. The number of nitriles is 1. The zero-order valence-corrected chi connectivity index (χ0v) is 11.6. The zero-order valence-electron chi connectivity index (χ0n) is 11.6. The molecule has 5 nitrogen and oxygen atoms in total. The number of unbranched alkanes of at least 4 members (excludes halogenated alkanes) is 3. The molecule has 0 fully saturated rings. The second-order valence-electron chi connectivity index (χ2n) is 4.14. The van der Waals surface area contributed by atoms with E-state index >= 15 is 0 Å². The van der Waals surface area contributed by atoms with Gasteiger partial charge >= 0.3 is 5.97 Å². The maximum Gasteiger partial charge on any atom is 0.332 e. The van der Waals surface area contributed by atoms with Crippen molar-refractivity contribution in [2.75, 3.05) is 26.4 Å². The topological polar surface area (TPSA) is 79.5 Å². The van der Waals surface area contributed by atoms with Crippen LogP contribution in [0.25, 0.3) is 0 Å².